The first-order valence-electron chi connectivity index (χ1n) is 6.58. The second-order valence-electron chi connectivity index (χ2n) is 4.67. The molecule has 0 aliphatic heterocycles. The fraction of sp³-hybridized carbons (Fsp3) is 0.250. The van der Waals surface area contributed by atoms with Crippen molar-refractivity contribution >= 4 is 27.5 Å². The highest BCUT2D eigenvalue weighted by molar-refractivity contribution is 9.10. The van der Waals surface area contributed by atoms with Gasteiger partial charge in [-0.2, -0.15) is 0 Å². The molecule has 0 bridgehead atoms. The molecular weight excluding hydrogens is 357 g/mol. The van der Waals surface area contributed by atoms with Crippen molar-refractivity contribution < 1.29 is 9.13 Å². The SMILES string of the molecule is CNC(COc1cccc(Cl)c1)Cc1cccc(F)c1Br. The van der Waals surface area contributed by atoms with Crippen LogP contribution in [-0.2, 0) is 6.42 Å². The maximum Gasteiger partial charge on any atom is 0.137 e. The van der Waals surface area contributed by atoms with Crippen LogP contribution in [0.4, 0.5) is 4.39 Å². The van der Waals surface area contributed by atoms with Crippen molar-refractivity contribution in [3.8, 4) is 5.75 Å². The monoisotopic (exact) mass is 371 g/mol. The van der Waals surface area contributed by atoms with Gasteiger partial charge in [-0.15, -0.1) is 0 Å². The van der Waals surface area contributed by atoms with E-state index in [9.17, 15) is 4.39 Å². The van der Waals surface area contributed by atoms with E-state index in [0.29, 0.717) is 22.5 Å². The third-order valence-corrected chi connectivity index (χ3v) is 4.28. The zero-order chi connectivity index (χ0) is 15.2. The molecule has 2 nitrogen and oxygen atoms in total. The summed E-state index contributed by atoms with van der Waals surface area (Å²) in [4.78, 5) is 0. The molecule has 0 saturated heterocycles. The van der Waals surface area contributed by atoms with Crippen molar-refractivity contribution in [1.29, 1.82) is 0 Å². The van der Waals surface area contributed by atoms with Crippen molar-refractivity contribution in [2.24, 2.45) is 0 Å². The highest BCUT2D eigenvalue weighted by Crippen LogP contribution is 2.22. The molecule has 1 unspecified atom stereocenters. The number of hydrogen-bond donors (Lipinski definition) is 1. The summed E-state index contributed by atoms with van der Waals surface area (Å²) < 4.78 is 19.7. The Morgan fingerprint density at radius 1 is 1.29 bits per heavy atom. The number of benzene rings is 2. The van der Waals surface area contributed by atoms with E-state index in [4.69, 9.17) is 16.3 Å². The van der Waals surface area contributed by atoms with Gasteiger partial charge in [-0.1, -0.05) is 29.8 Å². The molecule has 0 aliphatic rings. The molecule has 5 heteroatoms. The normalized spacial score (nSPS) is 12.2. The van der Waals surface area contributed by atoms with Crippen LogP contribution in [0.2, 0.25) is 5.02 Å². The van der Waals surface area contributed by atoms with E-state index in [1.54, 1.807) is 18.2 Å². The van der Waals surface area contributed by atoms with E-state index in [-0.39, 0.29) is 11.9 Å². The Labute approximate surface area is 137 Å². The minimum atomic E-state index is -0.252. The standard InChI is InChI=1S/C16H16BrClFNO/c1-20-13(8-11-4-2-7-15(19)16(11)17)10-21-14-6-3-5-12(18)9-14/h2-7,9,13,20H,8,10H2,1H3. The van der Waals surface area contributed by atoms with Crippen LogP contribution in [0.5, 0.6) is 5.75 Å². The molecule has 2 aromatic rings. The smallest absolute Gasteiger partial charge is 0.137 e. The van der Waals surface area contributed by atoms with Crippen LogP contribution in [0.3, 0.4) is 0 Å². The topological polar surface area (TPSA) is 21.3 Å². The van der Waals surface area contributed by atoms with E-state index in [1.165, 1.54) is 6.07 Å². The molecule has 0 amide bonds. The van der Waals surface area contributed by atoms with Crippen LogP contribution in [0.1, 0.15) is 5.56 Å². The Morgan fingerprint density at radius 2 is 2.05 bits per heavy atom. The molecule has 21 heavy (non-hydrogen) atoms. The molecule has 2 rings (SSSR count). The minimum Gasteiger partial charge on any atom is -0.492 e. The predicted molar refractivity (Wildman–Crippen MR) is 87.6 cm³/mol. The summed E-state index contributed by atoms with van der Waals surface area (Å²) in [6.07, 6.45) is 0.662. The molecule has 112 valence electrons. The molecular formula is C16H16BrClFNO. The lowest BCUT2D eigenvalue weighted by Crippen LogP contribution is -2.34. The van der Waals surface area contributed by atoms with Gasteiger partial charge in [-0.05, 0) is 59.2 Å². The fourth-order valence-electron chi connectivity index (χ4n) is 1.97. The molecule has 2 aromatic carbocycles. The number of ether oxygens (including phenoxy) is 1. The van der Waals surface area contributed by atoms with Crippen LogP contribution in [0.25, 0.3) is 0 Å². The second kappa shape index (κ2) is 7.78. The fourth-order valence-corrected chi connectivity index (χ4v) is 2.58. The number of rotatable bonds is 6. The van der Waals surface area contributed by atoms with Crippen LogP contribution < -0.4 is 10.1 Å². The summed E-state index contributed by atoms with van der Waals surface area (Å²) in [5.74, 6) is 0.471. The Morgan fingerprint density at radius 3 is 2.76 bits per heavy atom. The largest absolute Gasteiger partial charge is 0.492 e. The number of likely N-dealkylation sites (N-methyl/N-ethyl adjacent to an activating group) is 1. The van der Waals surface area contributed by atoms with E-state index < -0.39 is 0 Å². The molecule has 0 aromatic heterocycles. The lowest BCUT2D eigenvalue weighted by Gasteiger charge is -2.18. The number of nitrogens with one attached hydrogen (secondary N) is 1. The van der Waals surface area contributed by atoms with E-state index in [1.807, 2.05) is 25.2 Å². The third kappa shape index (κ3) is 4.70. The maximum atomic E-state index is 13.5. The Bertz CT molecular complexity index is 609. The van der Waals surface area contributed by atoms with Crippen LogP contribution in [0.15, 0.2) is 46.9 Å². The molecule has 0 heterocycles. The van der Waals surface area contributed by atoms with Gasteiger partial charge in [0.25, 0.3) is 0 Å². The lowest BCUT2D eigenvalue weighted by atomic mass is 10.1. The maximum absolute atomic E-state index is 13.5. The van der Waals surface area contributed by atoms with E-state index in [0.717, 1.165) is 11.3 Å². The first-order valence-corrected chi connectivity index (χ1v) is 7.75. The Kier molecular flexibility index (Phi) is 6.03. The van der Waals surface area contributed by atoms with Crippen LogP contribution in [-0.4, -0.2) is 19.7 Å². The van der Waals surface area contributed by atoms with Crippen molar-refractivity contribution in [2.45, 2.75) is 12.5 Å². The average Bonchev–Trinajstić information content (AvgIpc) is 2.48. The van der Waals surface area contributed by atoms with Gasteiger partial charge in [-0.3, -0.25) is 0 Å². The quantitative estimate of drug-likeness (QED) is 0.809. The third-order valence-electron chi connectivity index (χ3n) is 3.15. The molecule has 0 spiro atoms. The van der Waals surface area contributed by atoms with Gasteiger partial charge < -0.3 is 10.1 Å². The zero-order valence-corrected chi connectivity index (χ0v) is 13.9. The molecule has 0 aliphatic carbocycles. The summed E-state index contributed by atoms with van der Waals surface area (Å²) in [6, 6.07) is 12.4. The van der Waals surface area contributed by atoms with E-state index >= 15 is 0 Å². The summed E-state index contributed by atoms with van der Waals surface area (Å²) in [7, 11) is 1.86. The van der Waals surface area contributed by atoms with Gasteiger partial charge in [0.15, 0.2) is 0 Å². The summed E-state index contributed by atoms with van der Waals surface area (Å²) in [5.41, 5.74) is 0.907. The van der Waals surface area contributed by atoms with Gasteiger partial charge in [0.2, 0.25) is 0 Å². The highest BCUT2D eigenvalue weighted by Gasteiger charge is 2.12. The Balaban J connectivity index is 1.99. The average molecular weight is 373 g/mol. The summed E-state index contributed by atoms with van der Waals surface area (Å²) in [5, 5.41) is 3.82. The van der Waals surface area contributed by atoms with Crippen molar-refractivity contribution in [2.75, 3.05) is 13.7 Å². The van der Waals surface area contributed by atoms with E-state index in [2.05, 4.69) is 21.2 Å². The van der Waals surface area contributed by atoms with Crippen LogP contribution in [0, 0.1) is 5.82 Å². The van der Waals surface area contributed by atoms with Crippen molar-refractivity contribution in [3.05, 3.63) is 63.3 Å². The minimum absolute atomic E-state index is 0.0714. The molecule has 1 atom stereocenters. The van der Waals surface area contributed by atoms with Gasteiger partial charge in [0.05, 0.1) is 4.47 Å². The molecule has 0 saturated carbocycles. The highest BCUT2D eigenvalue weighted by atomic mass is 79.9. The number of hydrogen-bond acceptors (Lipinski definition) is 2. The van der Waals surface area contributed by atoms with Crippen molar-refractivity contribution in [3.63, 3.8) is 0 Å². The van der Waals surface area contributed by atoms with Gasteiger partial charge in [-0.25, -0.2) is 4.39 Å². The summed E-state index contributed by atoms with van der Waals surface area (Å²) in [6.45, 7) is 0.472. The van der Waals surface area contributed by atoms with Gasteiger partial charge in [0.1, 0.15) is 18.2 Å². The first-order chi connectivity index (χ1) is 10.1. The second-order valence-corrected chi connectivity index (χ2v) is 5.90. The molecule has 1 N–H and O–H groups in total. The summed E-state index contributed by atoms with van der Waals surface area (Å²) >= 11 is 9.20. The Hall–Kier alpha value is -1.10. The van der Waals surface area contributed by atoms with Crippen molar-refractivity contribution in [1.82, 2.24) is 5.32 Å². The van der Waals surface area contributed by atoms with Gasteiger partial charge in [0, 0.05) is 11.1 Å². The molecule has 0 fully saturated rings. The number of halogens is 3. The lowest BCUT2D eigenvalue weighted by molar-refractivity contribution is 0.269. The first kappa shape index (κ1) is 16.3. The van der Waals surface area contributed by atoms with Crippen LogP contribution >= 0.6 is 27.5 Å². The molecule has 0 radical (unpaired) electrons. The van der Waals surface area contributed by atoms with Gasteiger partial charge >= 0.3 is 0 Å². The zero-order valence-electron chi connectivity index (χ0n) is 11.6. The predicted octanol–water partition coefficient (Wildman–Crippen LogP) is 4.45.